The van der Waals surface area contributed by atoms with E-state index < -0.39 is 5.97 Å². The maximum atomic E-state index is 12.4. The number of hydrogen-bond donors (Lipinski definition) is 0. The largest absolute Gasteiger partial charge is 0.482 e. The van der Waals surface area contributed by atoms with Crippen molar-refractivity contribution in [2.24, 2.45) is 0 Å². The number of halogens is 1. The van der Waals surface area contributed by atoms with Crippen LogP contribution in [0.15, 0.2) is 46.9 Å². The lowest BCUT2D eigenvalue weighted by molar-refractivity contribution is -0.145. The Morgan fingerprint density at radius 3 is 2.60 bits per heavy atom. The number of ether oxygens (including phenoxy) is 2. The van der Waals surface area contributed by atoms with Crippen LogP contribution in [-0.4, -0.2) is 25.0 Å². The van der Waals surface area contributed by atoms with Crippen molar-refractivity contribution in [2.75, 3.05) is 13.2 Å². The fourth-order valence-corrected chi connectivity index (χ4v) is 2.87. The zero-order valence-corrected chi connectivity index (χ0v) is 16.0. The number of rotatable bonds is 8. The van der Waals surface area contributed by atoms with Gasteiger partial charge in [-0.3, -0.25) is 4.79 Å². The number of Topliss-reactive ketones (excluding diaryl/α,β-unsaturated/α-hetero) is 1. The van der Waals surface area contributed by atoms with Gasteiger partial charge in [-0.1, -0.05) is 28.1 Å². The summed E-state index contributed by atoms with van der Waals surface area (Å²) in [5, 5.41) is 0. The molecule has 0 unspecified atom stereocenters. The topological polar surface area (TPSA) is 52.6 Å². The van der Waals surface area contributed by atoms with Gasteiger partial charge in [-0.15, -0.1) is 0 Å². The number of aryl methyl sites for hydroxylation is 2. The molecule has 25 heavy (non-hydrogen) atoms. The first-order chi connectivity index (χ1) is 12.0. The van der Waals surface area contributed by atoms with Crippen LogP contribution in [0, 0.1) is 6.92 Å². The van der Waals surface area contributed by atoms with Crippen molar-refractivity contribution >= 4 is 27.7 Å². The zero-order chi connectivity index (χ0) is 18.2. The van der Waals surface area contributed by atoms with E-state index in [1.165, 1.54) is 0 Å². The smallest absolute Gasteiger partial charge is 0.344 e. The summed E-state index contributed by atoms with van der Waals surface area (Å²) in [6.07, 6.45) is 1.14. The zero-order valence-electron chi connectivity index (χ0n) is 14.4. The molecule has 2 aromatic carbocycles. The minimum absolute atomic E-state index is 0.0834. The lowest BCUT2D eigenvalue weighted by atomic mass is 10.0. The molecule has 0 N–H and O–H groups in total. The second kappa shape index (κ2) is 9.37. The Hall–Kier alpha value is -2.14. The van der Waals surface area contributed by atoms with Crippen LogP contribution < -0.4 is 4.74 Å². The molecule has 2 rings (SSSR count). The third-order valence-electron chi connectivity index (χ3n) is 3.68. The van der Waals surface area contributed by atoms with Gasteiger partial charge in [0.25, 0.3) is 0 Å². The van der Waals surface area contributed by atoms with E-state index in [2.05, 4.69) is 15.9 Å². The molecule has 0 radical (unpaired) electrons. The SMILES string of the molecule is CCOC(=O)COc1ccc(C(=O)CCc2cccc(Br)c2)cc1C. The van der Waals surface area contributed by atoms with Gasteiger partial charge in [0.15, 0.2) is 12.4 Å². The Balaban J connectivity index is 1.94. The summed E-state index contributed by atoms with van der Waals surface area (Å²) >= 11 is 3.43. The number of carbonyl (C=O) groups excluding carboxylic acids is 2. The fraction of sp³-hybridized carbons (Fsp3) is 0.300. The van der Waals surface area contributed by atoms with Crippen LogP contribution in [0.4, 0.5) is 0 Å². The van der Waals surface area contributed by atoms with E-state index in [1.54, 1.807) is 25.1 Å². The number of ketones is 1. The third-order valence-corrected chi connectivity index (χ3v) is 4.17. The van der Waals surface area contributed by atoms with Crippen LogP contribution >= 0.6 is 15.9 Å². The van der Waals surface area contributed by atoms with Gasteiger partial charge in [0.2, 0.25) is 0 Å². The Kier molecular flexibility index (Phi) is 7.19. The lowest BCUT2D eigenvalue weighted by Crippen LogP contribution is -2.15. The Labute approximate surface area is 156 Å². The second-order valence-electron chi connectivity index (χ2n) is 5.63. The summed E-state index contributed by atoms with van der Waals surface area (Å²) in [6.45, 7) is 3.79. The molecule has 0 saturated carbocycles. The molecule has 2 aromatic rings. The van der Waals surface area contributed by atoms with Crippen LogP contribution in [0.1, 0.15) is 34.8 Å². The predicted octanol–water partition coefficient (Wildman–Crippen LogP) is 4.51. The molecule has 0 aliphatic heterocycles. The van der Waals surface area contributed by atoms with E-state index in [0.29, 0.717) is 30.8 Å². The third kappa shape index (κ3) is 6.02. The average Bonchev–Trinajstić information content (AvgIpc) is 2.59. The highest BCUT2D eigenvalue weighted by molar-refractivity contribution is 9.10. The minimum atomic E-state index is -0.406. The molecule has 0 fully saturated rings. The number of hydrogen-bond acceptors (Lipinski definition) is 4. The van der Waals surface area contributed by atoms with E-state index in [1.807, 2.05) is 31.2 Å². The summed E-state index contributed by atoms with van der Waals surface area (Å²) in [5.41, 5.74) is 2.59. The van der Waals surface area contributed by atoms with Gasteiger partial charge in [-0.25, -0.2) is 4.79 Å². The van der Waals surface area contributed by atoms with Gasteiger partial charge in [0, 0.05) is 16.5 Å². The van der Waals surface area contributed by atoms with Crippen LogP contribution in [0.2, 0.25) is 0 Å². The van der Waals surface area contributed by atoms with Crippen molar-refractivity contribution in [3.05, 3.63) is 63.6 Å². The van der Waals surface area contributed by atoms with Crippen LogP contribution in [0.25, 0.3) is 0 Å². The summed E-state index contributed by atoms with van der Waals surface area (Å²) in [6, 6.07) is 13.2. The minimum Gasteiger partial charge on any atom is -0.482 e. The molecule has 0 atom stereocenters. The highest BCUT2D eigenvalue weighted by Crippen LogP contribution is 2.21. The summed E-state index contributed by atoms with van der Waals surface area (Å²) in [7, 11) is 0. The maximum Gasteiger partial charge on any atom is 0.344 e. The highest BCUT2D eigenvalue weighted by Gasteiger charge is 2.10. The van der Waals surface area contributed by atoms with Gasteiger partial charge in [-0.05, 0) is 61.7 Å². The Morgan fingerprint density at radius 2 is 1.92 bits per heavy atom. The van der Waals surface area contributed by atoms with E-state index in [9.17, 15) is 9.59 Å². The van der Waals surface area contributed by atoms with Crippen molar-refractivity contribution in [3.63, 3.8) is 0 Å². The fourth-order valence-electron chi connectivity index (χ4n) is 2.42. The van der Waals surface area contributed by atoms with Crippen molar-refractivity contribution in [1.82, 2.24) is 0 Å². The van der Waals surface area contributed by atoms with Crippen LogP contribution in [0.3, 0.4) is 0 Å². The van der Waals surface area contributed by atoms with Crippen LogP contribution in [-0.2, 0) is 16.0 Å². The molecule has 0 aliphatic carbocycles. The first kappa shape index (κ1) is 19.2. The molecule has 132 valence electrons. The first-order valence-electron chi connectivity index (χ1n) is 8.16. The molecule has 0 aromatic heterocycles. The second-order valence-corrected chi connectivity index (χ2v) is 6.54. The summed E-state index contributed by atoms with van der Waals surface area (Å²) < 4.78 is 11.3. The molecule has 0 heterocycles. The number of benzene rings is 2. The quantitative estimate of drug-likeness (QED) is 0.479. The standard InChI is InChI=1S/C20H21BrO4/c1-3-24-20(23)13-25-19-10-8-16(11-14(19)2)18(22)9-7-15-5-4-6-17(21)12-15/h4-6,8,10-12H,3,7,9,13H2,1-2H3. The lowest BCUT2D eigenvalue weighted by Gasteiger charge is -2.10. The van der Waals surface area contributed by atoms with Crippen molar-refractivity contribution in [1.29, 1.82) is 0 Å². The van der Waals surface area contributed by atoms with Gasteiger partial charge in [-0.2, -0.15) is 0 Å². The Morgan fingerprint density at radius 1 is 1.12 bits per heavy atom. The van der Waals surface area contributed by atoms with E-state index in [0.717, 1.165) is 15.6 Å². The molecular formula is C20H21BrO4. The summed E-state index contributed by atoms with van der Waals surface area (Å²) in [4.78, 5) is 23.7. The molecular weight excluding hydrogens is 384 g/mol. The first-order valence-corrected chi connectivity index (χ1v) is 8.95. The van der Waals surface area contributed by atoms with E-state index >= 15 is 0 Å². The predicted molar refractivity (Wildman–Crippen MR) is 100 cm³/mol. The van der Waals surface area contributed by atoms with Gasteiger partial charge in [0.05, 0.1) is 6.61 Å². The number of carbonyl (C=O) groups is 2. The molecule has 4 nitrogen and oxygen atoms in total. The van der Waals surface area contributed by atoms with Gasteiger partial charge >= 0.3 is 5.97 Å². The average molecular weight is 405 g/mol. The van der Waals surface area contributed by atoms with Crippen molar-refractivity contribution < 1.29 is 19.1 Å². The molecule has 0 aliphatic rings. The van der Waals surface area contributed by atoms with Crippen molar-refractivity contribution in [2.45, 2.75) is 26.7 Å². The molecule has 5 heteroatoms. The monoisotopic (exact) mass is 404 g/mol. The van der Waals surface area contributed by atoms with Gasteiger partial charge < -0.3 is 9.47 Å². The van der Waals surface area contributed by atoms with Gasteiger partial charge in [0.1, 0.15) is 5.75 Å². The Bertz CT molecular complexity index is 755. The van der Waals surface area contributed by atoms with Crippen molar-refractivity contribution in [3.8, 4) is 5.75 Å². The molecule has 0 bridgehead atoms. The molecule has 0 amide bonds. The van der Waals surface area contributed by atoms with E-state index in [-0.39, 0.29) is 12.4 Å². The highest BCUT2D eigenvalue weighted by atomic mass is 79.9. The maximum absolute atomic E-state index is 12.4. The molecule has 0 spiro atoms. The van der Waals surface area contributed by atoms with Crippen LogP contribution in [0.5, 0.6) is 5.75 Å². The normalized spacial score (nSPS) is 10.4. The van der Waals surface area contributed by atoms with E-state index in [4.69, 9.17) is 9.47 Å². The molecule has 0 saturated heterocycles. The summed E-state index contributed by atoms with van der Waals surface area (Å²) in [5.74, 6) is 0.257. The number of esters is 1.